The number of nitrogens with one attached hydrogen (secondary N) is 2. The van der Waals surface area contributed by atoms with Crippen LogP contribution in [0.4, 0.5) is 0 Å². The van der Waals surface area contributed by atoms with Gasteiger partial charge in [0.25, 0.3) is 5.91 Å². The van der Waals surface area contributed by atoms with Gasteiger partial charge in [-0.05, 0) is 48.2 Å². The Balaban J connectivity index is 1.48. The van der Waals surface area contributed by atoms with Gasteiger partial charge in [0.15, 0.2) is 6.54 Å². The average Bonchev–Trinajstić information content (AvgIpc) is 3.07. The number of amides is 1. The van der Waals surface area contributed by atoms with E-state index in [1.165, 1.54) is 4.31 Å². The lowest BCUT2D eigenvalue weighted by molar-refractivity contribution is -0.895. The van der Waals surface area contributed by atoms with Gasteiger partial charge in [-0.3, -0.25) is 4.79 Å². The van der Waals surface area contributed by atoms with E-state index in [1.54, 1.807) is 41.8 Å². The number of aryl methyl sites for hydroxylation is 1. The molecule has 150 valence electrons. The number of carbonyl (C=O) groups is 1. The fourth-order valence-electron chi connectivity index (χ4n) is 2.92. The van der Waals surface area contributed by atoms with Crippen molar-refractivity contribution in [3.63, 3.8) is 0 Å². The van der Waals surface area contributed by atoms with E-state index in [-0.39, 0.29) is 17.3 Å². The normalized spacial score (nSPS) is 16.5. The number of hydrazone groups is 1. The van der Waals surface area contributed by atoms with Crippen LogP contribution in [0.3, 0.4) is 0 Å². The molecule has 1 aliphatic rings. The number of piperazine rings is 1. The van der Waals surface area contributed by atoms with Crippen LogP contribution in [0.1, 0.15) is 10.4 Å². The largest absolute Gasteiger partial charge is 0.325 e. The molecule has 1 saturated heterocycles. The highest BCUT2D eigenvalue weighted by Gasteiger charge is 2.31. The number of nitrogens with zero attached hydrogens (tertiary/aromatic N) is 2. The molecule has 3 rings (SSSR count). The highest BCUT2D eigenvalue weighted by Crippen LogP contribution is 2.18. The van der Waals surface area contributed by atoms with E-state index >= 15 is 0 Å². The summed E-state index contributed by atoms with van der Waals surface area (Å²) in [5, 5.41) is 5.98. The topological polar surface area (TPSA) is 83.3 Å². The van der Waals surface area contributed by atoms with E-state index < -0.39 is 10.0 Å². The molecule has 0 radical (unpaired) electrons. The number of rotatable bonds is 6. The number of sulfonamides is 1. The van der Waals surface area contributed by atoms with Crippen molar-refractivity contribution in [3.8, 4) is 0 Å². The van der Waals surface area contributed by atoms with Gasteiger partial charge < -0.3 is 4.90 Å². The predicted molar refractivity (Wildman–Crippen MR) is 113 cm³/mol. The van der Waals surface area contributed by atoms with Crippen LogP contribution >= 0.6 is 27.3 Å². The zero-order chi connectivity index (χ0) is 20.1. The molecule has 28 heavy (non-hydrogen) atoms. The van der Waals surface area contributed by atoms with Crippen LogP contribution in [-0.4, -0.2) is 57.6 Å². The summed E-state index contributed by atoms with van der Waals surface area (Å²) < 4.78 is 27.7. The molecule has 1 aromatic carbocycles. The van der Waals surface area contributed by atoms with Crippen molar-refractivity contribution in [1.82, 2.24) is 9.73 Å². The lowest BCUT2D eigenvalue weighted by atomic mass is 10.3. The highest BCUT2D eigenvalue weighted by molar-refractivity contribution is 9.10. The SMILES string of the molecule is Cc1ccsc1/C=N\NC(=O)C[NH+]1CCN(S(=O)(=O)c2ccc(Br)cc2)CC1. The molecule has 1 fully saturated rings. The first-order valence-electron chi connectivity index (χ1n) is 8.81. The lowest BCUT2D eigenvalue weighted by Crippen LogP contribution is -3.15. The molecule has 1 aromatic heterocycles. The summed E-state index contributed by atoms with van der Waals surface area (Å²) in [4.78, 5) is 14.4. The standard InChI is InChI=1S/C18H21BrN4O3S2/c1-14-6-11-27-17(14)12-20-21-18(24)13-22-7-9-23(10-8-22)28(25,26)16-4-2-15(19)3-5-16/h2-6,11-12H,7-10,13H2,1H3,(H,21,24)/p+1/b20-12-. The highest BCUT2D eigenvalue weighted by atomic mass is 79.9. The van der Waals surface area contributed by atoms with Crippen LogP contribution in [0.25, 0.3) is 0 Å². The average molecular weight is 486 g/mol. The summed E-state index contributed by atoms with van der Waals surface area (Å²) in [6, 6.07) is 8.63. The molecule has 0 spiro atoms. The third-order valence-electron chi connectivity index (χ3n) is 4.56. The van der Waals surface area contributed by atoms with E-state index in [0.717, 1.165) is 19.8 Å². The Labute approximate surface area is 177 Å². The van der Waals surface area contributed by atoms with Gasteiger partial charge in [-0.2, -0.15) is 9.41 Å². The number of hydrogen-bond acceptors (Lipinski definition) is 5. The second kappa shape index (κ2) is 9.27. The fourth-order valence-corrected chi connectivity index (χ4v) is 5.41. The van der Waals surface area contributed by atoms with Crippen LogP contribution in [0.5, 0.6) is 0 Å². The number of quaternary nitrogens is 1. The van der Waals surface area contributed by atoms with E-state index in [9.17, 15) is 13.2 Å². The van der Waals surface area contributed by atoms with Gasteiger partial charge in [-0.15, -0.1) is 11.3 Å². The Bertz CT molecular complexity index is 949. The summed E-state index contributed by atoms with van der Waals surface area (Å²) in [5.74, 6) is -0.176. The number of carbonyl (C=O) groups excluding carboxylic acids is 1. The molecule has 2 heterocycles. The van der Waals surface area contributed by atoms with Crippen molar-refractivity contribution in [2.24, 2.45) is 5.10 Å². The maximum Gasteiger partial charge on any atom is 0.295 e. The molecule has 2 aromatic rings. The van der Waals surface area contributed by atoms with Crippen molar-refractivity contribution in [3.05, 3.63) is 50.6 Å². The Morgan fingerprint density at radius 1 is 1.29 bits per heavy atom. The van der Waals surface area contributed by atoms with Gasteiger partial charge in [0.2, 0.25) is 10.0 Å². The third kappa shape index (κ3) is 5.26. The number of hydrogen-bond donors (Lipinski definition) is 2. The zero-order valence-corrected chi connectivity index (χ0v) is 18.6. The van der Waals surface area contributed by atoms with Gasteiger partial charge in [0.05, 0.1) is 37.3 Å². The number of thiophene rings is 1. The van der Waals surface area contributed by atoms with E-state index in [1.807, 2.05) is 18.4 Å². The van der Waals surface area contributed by atoms with Crippen LogP contribution < -0.4 is 10.3 Å². The third-order valence-corrected chi connectivity index (χ3v) is 7.96. The molecule has 1 amide bonds. The summed E-state index contributed by atoms with van der Waals surface area (Å²) in [6.07, 6.45) is 1.65. The molecule has 2 N–H and O–H groups in total. The Morgan fingerprint density at radius 3 is 2.57 bits per heavy atom. The van der Waals surface area contributed by atoms with Crippen LogP contribution in [-0.2, 0) is 14.8 Å². The summed E-state index contributed by atoms with van der Waals surface area (Å²) in [5.41, 5.74) is 3.67. The minimum Gasteiger partial charge on any atom is -0.325 e. The van der Waals surface area contributed by atoms with Gasteiger partial charge in [0, 0.05) is 9.35 Å². The van der Waals surface area contributed by atoms with E-state index in [2.05, 4.69) is 26.5 Å². The molecular formula is C18H22BrN4O3S2+. The van der Waals surface area contributed by atoms with Crippen LogP contribution in [0.15, 0.2) is 50.2 Å². The van der Waals surface area contributed by atoms with Gasteiger partial charge in [-0.25, -0.2) is 13.8 Å². The molecule has 0 unspecified atom stereocenters. The number of benzene rings is 1. The number of halogens is 1. The first-order valence-corrected chi connectivity index (χ1v) is 11.9. The van der Waals surface area contributed by atoms with Crippen molar-refractivity contribution in [2.75, 3.05) is 32.7 Å². The summed E-state index contributed by atoms with van der Waals surface area (Å²) >= 11 is 4.88. The quantitative estimate of drug-likeness (QED) is 0.470. The molecule has 1 aliphatic heterocycles. The lowest BCUT2D eigenvalue weighted by Gasteiger charge is -2.31. The van der Waals surface area contributed by atoms with Crippen molar-refractivity contribution >= 4 is 49.4 Å². The maximum atomic E-state index is 12.7. The van der Waals surface area contributed by atoms with Crippen LogP contribution in [0.2, 0.25) is 0 Å². The molecule has 7 nitrogen and oxygen atoms in total. The Kier molecular flexibility index (Phi) is 7.00. The van der Waals surface area contributed by atoms with Gasteiger partial charge >= 0.3 is 0 Å². The maximum absolute atomic E-state index is 12.7. The Hall–Kier alpha value is -1.59. The van der Waals surface area contributed by atoms with E-state index in [4.69, 9.17) is 0 Å². The second-order valence-corrected chi connectivity index (χ2v) is 10.3. The Morgan fingerprint density at radius 2 is 1.96 bits per heavy atom. The molecule has 0 saturated carbocycles. The van der Waals surface area contributed by atoms with E-state index in [0.29, 0.717) is 26.2 Å². The molecular weight excluding hydrogens is 464 g/mol. The minimum atomic E-state index is -3.50. The summed E-state index contributed by atoms with van der Waals surface area (Å²) in [6.45, 7) is 4.20. The molecule has 0 bridgehead atoms. The monoisotopic (exact) mass is 485 g/mol. The second-order valence-electron chi connectivity index (χ2n) is 6.55. The van der Waals surface area contributed by atoms with Gasteiger partial charge in [-0.1, -0.05) is 15.9 Å². The first kappa shape index (κ1) is 21.1. The van der Waals surface area contributed by atoms with Crippen molar-refractivity contribution in [2.45, 2.75) is 11.8 Å². The van der Waals surface area contributed by atoms with Crippen molar-refractivity contribution in [1.29, 1.82) is 0 Å². The smallest absolute Gasteiger partial charge is 0.295 e. The summed E-state index contributed by atoms with van der Waals surface area (Å²) in [7, 11) is -3.50. The zero-order valence-electron chi connectivity index (χ0n) is 15.4. The van der Waals surface area contributed by atoms with Crippen LogP contribution in [0, 0.1) is 6.92 Å². The predicted octanol–water partition coefficient (Wildman–Crippen LogP) is 0.859. The minimum absolute atomic E-state index is 0.176. The first-order chi connectivity index (χ1) is 13.4. The van der Waals surface area contributed by atoms with Crippen molar-refractivity contribution < 1.29 is 18.1 Å². The van der Waals surface area contributed by atoms with Gasteiger partial charge in [0.1, 0.15) is 0 Å². The molecule has 0 aliphatic carbocycles. The molecule has 10 heteroatoms. The molecule has 0 atom stereocenters. The fraction of sp³-hybridized carbons (Fsp3) is 0.333.